The van der Waals surface area contributed by atoms with Crippen LogP contribution in [0.5, 0.6) is 0 Å². The molecule has 1 saturated heterocycles. The molecule has 0 aliphatic carbocycles. The Kier molecular flexibility index (Phi) is 5.12. The van der Waals surface area contributed by atoms with Crippen LogP contribution in [-0.4, -0.2) is 58.4 Å². The number of ether oxygens (including phenoxy) is 1. The summed E-state index contributed by atoms with van der Waals surface area (Å²) in [5, 5.41) is 0. The van der Waals surface area contributed by atoms with E-state index in [1.165, 1.54) is 4.90 Å². The third kappa shape index (κ3) is 3.49. The van der Waals surface area contributed by atoms with Gasteiger partial charge in [-0.2, -0.15) is 13.2 Å². The fourth-order valence-electron chi connectivity index (χ4n) is 4.60. The van der Waals surface area contributed by atoms with Gasteiger partial charge in [0.05, 0.1) is 11.1 Å². The van der Waals surface area contributed by atoms with E-state index >= 15 is 0 Å². The van der Waals surface area contributed by atoms with Gasteiger partial charge in [0.1, 0.15) is 5.60 Å². The standard InChI is InChI=1S/C21H24F3N3O3/c1-3-26-8-5-20(6-9-26)17(13(2)19(29)30-20)18(28)27-7-4-16-14(12-27)10-15(11-25-16)21(22,23)24/h10-11H,3-9,12H2,1-2H3. The van der Waals surface area contributed by atoms with E-state index in [0.717, 1.165) is 31.9 Å². The van der Waals surface area contributed by atoms with Gasteiger partial charge in [0.15, 0.2) is 0 Å². The van der Waals surface area contributed by atoms with Crippen molar-refractivity contribution in [3.63, 3.8) is 0 Å². The molecule has 162 valence electrons. The average Bonchev–Trinajstić information content (AvgIpc) is 2.96. The Morgan fingerprint density at radius 2 is 1.97 bits per heavy atom. The highest BCUT2D eigenvalue weighted by atomic mass is 19.4. The van der Waals surface area contributed by atoms with Crippen LogP contribution in [0.3, 0.4) is 0 Å². The summed E-state index contributed by atoms with van der Waals surface area (Å²) in [6, 6.07) is 1.06. The molecule has 1 amide bonds. The largest absolute Gasteiger partial charge is 0.450 e. The monoisotopic (exact) mass is 423 g/mol. The van der Waals surface area contributed by atoms with Gasteiger partial charge in [0.2, 0.25) is 0 Å². The number of amides is 1. The van der Waals surface area contributed by atoms with Gasteiger partial charge in [-0.05, 0) is 25.1 Å². The summed E-state index contributed by atoms with van der Waals surface area (Å²) < 4.78 is 44.9. The van der Waals surface area contributed by atoms with E-state index in [-0.39, 0.29) is 12.5 Å². The predicted octanol–water partition coefficient (Wildman–Crippen LogP) is 2.71. The van der Waals surface area contributed by atoms with Crippen molar-refractivity contribution in [3.8, 4) is 0 Å². The van der Waals surface area contributed by atoms with Gasteiger partial charge in [0, 0.05) is 62.9 Å². The first kappa shape index (κ1) is 20.8. The molecule has 0 unspecified atom stereocenters. The van der Waals surface area contributed by atoms with Gasteiger partial charge in [0.25, 0.3) is 5.91 Å². The first-order chi connectivity index (χ1) is 14.1. The Balaban J connectivity index is 1.60. The highest BCUT2D eigenvalue weighted by Crippen LogP contribution is 2.42. The number of carbonyl (C=O) groups is 2. The van der Waals surface area contributed by atoms with E-state index in [1.54, 1.807) is 6.92 Å². The van der Waals surface area contributed by atoms with Crippen LogP contribution in [0, 0.1) is 0 Å². The average molecular weight is 423 g/mol. The van der Waals surface area contributed by atoms with Gasteiger partial charge in [-0.3, -0.25) is 9.78 Å². The topological polar surface area (TPSA) is 62.7 Å². The number of rotatable bonds is 2. The minimum atomic E-state index is -4.49. The molecule has 0 aromatic carbocycles. The number of pyridine rings is 1. The number of esters is 1. The summed E-state index contributed by atoms with van der Waals surface area (Å²) in [6.45, 7) is 6.34. The lowest BCUT2D eigenvalue weighted by Crippen LogP contribution is -2.49. The van der Waals surface area contributed by atoms with E-state index in [1.807, 2.05) is 0 Å². The van der Waals surface area contributed by atoms with Crippen LogP contribution < -0.4 is 0 Å². The molecule has 30 heavy (non-hydrogen) atoms. The maximum absolute atomic E-state index is 13.5. The molecule has 0 N–H and O–H groups in total. The summed E-state index contributed by atoms with van der Waals surface area (Å²) in [4.78, 5) is 33.5. The summed E-state index contributed by atoms with van der Waals surface area (Å²) in [5.41, 5.74) is -0.125. The second kappa shape index (κ2) is 7.37. The lowest BCUT2D eigenvalue weighted by molar-refractivity contribution is -0.151. The Hall–Kier alpha value is -2.42. The molecule has 4 rings (SSSR count). The molecule has 3 aliphatic heterocycles. The Morgan fingerprint density at radius 3 is 2.60 bits per heavy atom. The Morgan fingerprint density at radius 1 is 1.27 bits per heavy atom. The maximum atomic E-state index is 13.5. The van der Waals surface area contributed by atoms with E-state index in [4.69, 9.17) is 4.74 Å². The van der Waals surface area contributed by atoms with Crippen molar-refractivity contribution in [1.82, 2.24) is 14.8 Å². The van der Waals surface area contributed by atoms with E-state index < -0.39 is 23.3 Å². The van der Waals surface area contributed by atoms with Crippen molar-refractivity contribution in [3.05, 3.63) is 40.2 Å². The first-order valence-electron chi connectivity index (χ1n) is 10.2. The second-order valence-electron chi connectivity index (χ2n) is 8.12. The van der Waals surface area contributed by atoms with Crippen molar-refractivity contribution in [1.29, 1.82) is 0 Å². The van der Waals surface area contributed by atoms with E-state index in [9.17, 15) is 22.8 Å². The van der Waals surface area contributed by atoms with Gasteiger partial charge in [-0.1, -0.05) is 6.92 Å². The number of carbonyl (C=O) groups excluding carboxylic acids is 2. The smallest absolute Gasteiger partial charge is 0.417 e. The normalized spacial score (nSPS) is 21.8. The van der Waals surface area contributed by atoms with Crippen molar-refractivity contribution in [2.24, 2.45) is 0 Å². The Bertz CT molecular complexity index is 918. The van der Waals surface area contributed by atoms with Gasteiger partial charge >= 0.3 is 12.1 Å². The summed E-state index contributed by atoms with van der Waals surface area (Å²) >= 11 is 0. The highest BCUT2D eigenvalue weighted by Gasteiger charge is 2.51. The fraction of sp³-hybridized carbons (Fsp3) is 0.571. The summed E-state index contributed by atoms with van der Waals surface area (Å²) in [6.07, 6.45) is -2.21. The molecule has 3 aliphatic rings. The zero-order valence-corrected chi connectivity index (χ0v) is 17.0. The molecule has 4 heterocycles. The van der Waals surface area contributed by atoms with Crippen molar-refractivity contribution >= 4 is 11.9 Å². The predicted molar refractivity (Wildman–Crippen MR) is 101 cm³/mol. The summed E-state index contributed by atoms with van der Waals surface area (Å²) in [7, 11) is 0. The lowest BCUT2D eigenvalue weighted by Gasteiger charge is -2.40. The van der Waals surface area contributed by atoms with Gasteiger partial charge in [-0.15, -0.1) is 0 Å². The quantitative estimate of drug-likeness (QED) is 0.685. The minimum Gasteiger partial charge on any atom is -0.450 e. The molecule has 9 heteroatoms. The van der Waals surface area contributed by atoms with Crippen molar-refractivity contribution < 1.29 is 27.5 Å². The van der Waals surface area contributed by atoms with E-state index in [0.29, 0.717) is 48.2 Å². The number of alkyl halides is 3. The van der Waals surface area contributed by atoms with Crippen LogP contribution in [0.1, 0.15) is 43.5 Å². The van der Waals surface area contributed by atoms with Crippen LogP contribution in [0.25, 0.3) is 0 Å². The lowest BCUT2D eigenvalue weighted by atomic mass is 9.82. The SMILES string of the molecule is CCN1CCC2(CC1)OC(=O)C(C)=C2C(=O)N1CCc2ncc(C(F)(F)F)cc2C1. The first-order valence-corrected chi connectivity index (χ1v) is 10.2. The third-order valence-electron chi connectivity index (χ3n) is 6.40. The maximum Gasteiger partial charge on any atom is 0.417 e. The number of aromatic nitrogens is 1. The fourth-order valence-corrected chi connectivity index (χ4v) is 4.60. The number of hydrogen-bond acceptors (Lipinski definition) is 5. The molecule has 1 spiro atoms. The number of nitrogens with zero attached hydrogens (tertiary/aromatic N) is 3. The van der Waals surface area contributed by atoms with E-state index in [2.05, 4.69) is 16.8 Å². The molecule has 1 fully saturated rings. The molecule has 1 aromatic rings. The minimum absolute atomic E-state index is 0.0349. The van der Waals surface area contributed by atoms with Gasteiger partial charge in [-0.25, -0.2) is 4.79 Å². The Labute approximate surface area is 172 Å². The number of hydrogen-bond donors (Lipinski definition) is 0. The number of likely N-dealkylation sites (tertiary alicyclic amines) is 1. The van der Waals surface area contributed by atoms with Crippen molar-refractivity contribution in [2.75, 3.05) is 26.2 Å². The number of halogens is 3. The molecular weight excluding hydrogens is 399 g/mol. The zero-order chi connectivity index (χ0) is 21.7. The molecule has 6 nitrogen and oxygen atoms in total. The van der Waals surface area contributed by atoms with Crippen molar-refractivity contribution in [2.45, 2.75) is 51.4 Å². The van der Waals surface area contributed by atoms with Crippen LogP contribution in [-0.2, 0) is 33.5 Å². The highest BCUT2D eigenvalue weighted by molar-refractivity contribution is 6.07. The number of piperidine rings is 1. The van der Waals surface area contributed by atoms with Crippen LogP contribution in [0.4, 0.5) is 13.2 Å². The number of fused-ring (bicyclic) bond motifs is 1. The van der Waals surface area contributed by atoms with Crippen LogP contribution in [0.2, 0.25) is 0 Å². The molecule has 0 saturated carbocycles. The molecule has 0 atom stereocenters. The summed E-state index contributed by atoms with van der Waals surface area (Å²) in [5.74, 6) is -0.812. The molecule has 0 radical (unpaired) electrons. The third-order valence-corrected chi connectivity index (χ3v) is 6.40. The second-order valence-corrected chi connectivity index (χ2v) is 8.12. The molecular formula is C21H24F3N3O3. The molecule has 0 bridgehead atoms. The van der Waals surface area contributed by atoms with Gasteiger partial charge < -0.3 is 14.5 Å². The zero-order valence-electron chi connectivity index (χ0n) is 17.0. The van der Waals surface area contributed by atoms with Crippen LogP contribution in [0.15, 0.2) is 23.4 Å². The van der Waals surface area contributed by atoms with Crippen LogP contribution >= 0.6 is 0 Å². The molecule has 1 aromatic heterocycles.